The Kier molecular flexibility index (Phi) is 15.1. The number of anilines is 6. The zero-order valence-electron chi connectivity index (χ0n) is 57.3. The lowest BCUT2D eigenvalue weighted by atomic mass is 9.33. The second-order valence-corrected chi connectivity index (χ2v) is 26.8. The minimum Gasteiger partial charge on any atom is -0.311 e. The number of para-hydroxylation sites is 4. The lowest BCUT2D eigenvalue weighted by molar-refractivity contribution is 1.07. The van der Waals surface area contributed by atoms with Gasteiger partial charge in [-0.1, -0.05) is 267 Å². The first-order valence-corrected chi connectivity index (χ1v) is 35.7. The van der Waals surface area contributed by atoms with Crippen molar-refractivity contribution in [3.05, 3.63) is 370 Å². The van der Waals surface area contributed by atoms with E-state index in [0.717, 1.165) is 134 Å². The van der Waals surface area contributed by atoms with Gasteiger partial charge in [-0.15, -0.1) is 0 Å². The van der Waals surface area contributed by atoms with Crippen LogP contribution in [0.1, 0.15) is 0 Å². The van der Waals surface area contributed by atoms with E-state index >= 15 is 0 Å². The molecule has 14 aromatic carbocycles. The van der Waals surface area contributed by atoms with Crippen LogP contribution in [0.25, 0.3) is 141 Å². The molecule has 106 heavy (non-hydrogen) atoms. The van der Waals surface area contributed by atoms with Crippen LogP contribution in [0.3, 0.4) is 0 Å². The van der Waals surface area contributed by atoms with Crippen molar-refractivity contribution in [2.45, 2.75) is 0 Å². The zero-order valence-corrected chi connectivity index (χ0v) is 57.3. The molecule has 0 saturated carbocycles. The van der Waals surface area contributed by atoms with E-state index in [2.05, 4.69) is 281 Å². The summed E-state index contributed by atoms with van der Waals surface area (Å²) in [6.45, 7) is 0.0343. The maximum absolute atomic E-state index is 5.77. The molecule has 10 nitrogen and oxygen atoms in total. The van der Waals surface area contributed by atoms with Gasteiger partial charge in [-0.25, -0.2) is 34.9 Å². The molecule has 0 bridgehead atoms. The van der Waals surface area contributed by atoms with E-state index in [-0.39, 0.29) is 6.71 Å². The van der Waals surface area contributed by atoms with Crippen LogP contribution in [0.4, 0.5) is 34.1 Å². The Morgan fingerprint density at radius 1 is 0.208 bits per heavy atom. The third kappa shape index (κ3) is 10.9. The van der Waals surface area contributed by atoms with Gasteiger partial charge >= 0.3 is 0 Å². The second kappa shape index (κ2) is 26.0. The molecule has 0 fully saturated rings. The van der Waals surface area contributed by atoms with Gasteiger partial charge in [0.1, 0.15) is 0 Å². The van der Waals surface area contributed by atoms with E-state index < -0.39 is 0 Å². The highest BCUT2D eigenvalue weighted by Gasteiger charge is 2.43. The summed E-state index contributed by atoms with van der Waals surface area (Å²) in [4.78, 5) is 42.4. The van der Waals surface area contributed by atoms with E-state index in [4.69, 9.17) is 34.9 Å². The average molecular weight is 1350 g/mol. The van der Waals surface area contributed by atoms with Gasteiger partial charge < -0.3 is 14.4 Å². The molecule has 18 aromatic rings. The van der Waals surface area contributed by atoms with Crippen molar-refractivity contribution in [1.82, 2.24) is 39.5 Å². The highest BCUT2D eigenvalue weighted by atomic mass is 15.2. The summed E-state index contributed by atoms with van der Waals surface area (Å²) >= 11 is 0. The molecule has 6 heterocycles. The van der Waals surface area contributed by atoms with E-state index in [9.17, 15) is 0 Å². The van der Waals surface area contributed by atoms with Crippen LogP contribution < -0.4 is 26.2 Å². The number of hydrogen-bond donors (Lipinski definition) is 0. The SMILES string of the molecule is c1ccc(-c2cc(-c3ccc(-n4c5ccccc5c5cc(-c6nc(-c7ccccc7)nc(-c7ccccc7)n6)ccc54)c(-c4nc(-c5ccccc5)cc(-c5cccc(-c6cccc(N7c8ccccc8B8c9ccccc9N(c9ccccc9)c9cccc7c98)c6)c5)n4)c3)nc(-c3ccccc3)n2)cc1. The highest BCUT2D eigenvalue weighted by molar-refractivity contribution is 7.00. The Bertz CT molecular complexity index is 6300. The molecule has 2 aliphatic rings. The predicted molar refractivity (Wildman–Crippen MR) is 434 cm³/mol. The quantitative estimate of drug-likeness (QED) is 0.104. The summed E-state index contributed by atoms with van der Waals surface area (Å²) in [6.07, 6.45) is 0. The van der Waals surface area contributed by atoms with E-state index in [1.54, 1.807) is 0 Å². The fourth-order valence-electron chi connectivity index (χ4n) is 15.6. The molecule has 0 radical (unpaired) electrons. The molecule has 0 aliphatic carbocycles. The summed E-state index contributed by atoms with van der Waals surface area (Å²) in [5, 5.41) is 2.09. The van der Waals surface area contributed by atoms with Crippen molar-refractivity contribution in [2.24, 2.45) is 0 Å². The van der Waals surface area contributed by atoms with Crippen LogP contribution >= 0.6 is 0 Å². The largest absolute Gasteiger partial charge is 0.311 e. The van der Waals surface area contributed by atoms with Gasteiger partial charge in [0.05, 0.1) is 39.5 Å². The maximum Gasteiger partial charge on any atom is 0.252 e. The van der Waals surface area contributed by atoms with Crippen LogP contribution in [0.5, 0.6) is 0 Å². The standard InChI is InChI=1S/C95H61BN10/c1-7-28-62(29-8-1)79-60-82(98-91(97-79)64-32-11-3-12-33-64)70-52-54-85(106-83-47-22-19-44-74(83)75-59-71(53-55-84(75)106)94-102-92(65-34-13-4-14-35-65)101-93(103-94)66-36-15-5-16-37-66)76(58-70)95-99-80(63-30-9-2-10-31-63)61-81(100-95)69-40-25-38-67(56-69)68-39-26-43-73(57-68)105-87-49-24-21-46-78(87)96-77-45-20-23-48-86(77)104(72-41-17-6-18-42-72)88-50-27-51-89(105)90(88)96/h1-61H. The minimum absolute atomic E-state index is 0.0343. The molecule has 0 atom stereocenters. The molecule has 0 amide bonds. The molecule has 0 spiro atoms. The van der Waals surface area contributed by atoms with Crippen molar-refractivity contribution in [3.8, 4) is 119 Å². The van der Waals surface area contributed by atoms with Gasteiger partial charge in [-0.05, 0) is 131 Å². The number of benzene rings is 14. The molecule has 494 valence electrons. The Labute approximate surface area is 613 Å². The number of rotatable bonds is 13. The Hall–Kier alpha value is -14.3. The van der Waals surface area contributed by atoms with Gasteiger partial charge in [-0.3, -0.25) is 0 Å². The van der Waals surface area contributed by atoms with Crippen LogP contribution in [0, 0.1) is 0 Å². The van der Waals surface area contributed by atoms with Crippen molar-refractivity contribution < 1.29 is 0 Å². The summed E-state index contributed by atoms with van der Waals surface area (Å²) in [5.74, 6) is 2.93. The summed E-state index contributed by atoms with van der Waals surface area (Å²) in [6, 6.07) is 130. The third-order valence-electron chi connectivity index (χ3n) is 20.4. The lowest BCUT2D eigenvalue weighted by Gasteiger charge is -2.44. The van der Waals surface area contributed by atoms with Crippen LogP contribution in [0.2, 0.25) is 0 Å². The second-order valence-electron chi connectivity index (χ2n) is 26.8. The molecule has 11 heteroatoms. The Morgan fingerprint density at radius 3 is 1.18 bits per heavy atom. The lowest BCUT2D eigenvalue weighted by Crippen LogP contribution is -2.61. The first-order valence-electron chi connectivity index (χ1n) is 35.7. The summed E-state index contributed by atoms with van der Waals surface area (Å²) in [5.41, 5.74) is 26.9. The first-order chi connectivity index (χ1) is 52.5. The van der Waals surface area contributed by atoms with Crippen molar-refractivity contribution in [2.75, 3.05) is 9.80 Å². The van der Waals surface area contributed by atoms with Crippen molar-refractivity contribution in [1.29, 1.82) is 0 Å². The summed E-state index contributed by atoms with van der Waals surface area (Å²) in [7, 11) is 0. The van der Waals surface area contributed by atoms with Gasteiger partial charge in [0.25, 0.3) is 6.71 Å². The smallest absolute Gasteiger partial charge is 0.252 e. The molecule has 2 aliphatic heterocycles. The molecular weight excluding hydrogens is 1290 g/mol. The molecule has 0 saturated heterocycles. The first kappa shape index (κ1) is 61.6. The Morgan fingerprint density at radius 2 is 0.594 bits per heavy atom. The van der Waals surface area contributed by atoms with Crippen LogP contribution in [0.15, 0.2) is 370 Å². The van der Waals surface area contributed by atoms with Crippen molar-refractivity contribution >= 4 is 79.0 Å². The molecule has 0 N–H and O–H groups in total. The van der Waals surface area contributed by atoms with E-state index in [1.807, 2.05) is 103 Å². The number of hydrogen-bond acceptors (Lipinski definition) is 9. The van der Waals surface area contributed by atoms with Gasteiger partial charge in [0.2, 0.25) is 0 Å². The van der Waals surface area contributed by atoms with Crippen molar-refractivity contribution in [3.63, 3.8) is 0 Å². The van der Waals surface area contributed by atoms with Gasteiger partial charge in [-0.2, -0.15) is 0 Å². The van der Waals surface area contributed by atoms with Gasteiger partial charge in [0, 0.05) is 95.0 Å². The average Bonchev–Trinajstić information content (AvgIpc) is 0.958. The maximum atomic E-state index is 5.77. The van der Waals surface area contributed by atoms with Crippen LogP contribution in [-0.4, -0.2) is 46.2 Å². The molecule has 20 rings (SSSR count). The van der Waals surface area contributed by atoms with Gasteiger partial charge in [0.15, 0.2) is 29.1 Å². The third-order valence-corrected chi connectivity index (χ3v) is 20.4. The zero-order chi connectivity index (χ0) is 70.0. The fraction of sp³-hybridized carbons (Fsp3) is 0. The van der Waals surface area contributed by atoms with Crippen LogP contribution in [-0.2, 0) is 0 Å². The number of fused-ring (bicyclic) bond motifs is 7. The number of aromatic nitrogens is 8. The van der Waals surface area contributed by atoms with E-state index in [0.29, 0.717) is 29.1 Å². The molecule has 0 unspecified atom stereocenters. The minimum atomic E-state index is 0.0343. The predicted octanol–water partition coefficient (Wildman–Crippen LogP) is 21.3. The molecule has 4 aromatic heterocycles. The molecular formula is C95H61BN10. The normalized spacial score (nSPS) is 12.1. The topological polar surface area (TPSA) is 102 Å². The van der Waals surface area contributed by atoms with E-state index in [1.165, 1.54) is 27.8 Å². The Balaban J connectivity index is 0.758. The fourth-order valence-corrected chi connectivity index (χ4v) is 15.6. The monoisotopic (exact) mass is 1350 g/mol. The summed E-state index contributed by atoms with van der Waals surface area (Å²) < 4.78 is 2.35. The highest BCUT2D eigenvalue weighted by Crippen LogP contribution is 2.46. The number of nitrogens with zero attached hydrogens (tertiary/aromatic N) is 10.